The second-order valence-corrected chi connectivity index (χ2v) is 13.5. The summed E-state index contributed by atoms with van der Waals surface area (Å²) in [5.41, 5.74) is -1.71. The van der Waals surface area contributed by atoms with E-state index in [9.17, 15) is 39.6 Å². The molecule has 0 radical (unpaired) electrons. The third-order valence-electron chi connectivity index (χ3n) is 9.12. The average molecular weight is 689 g/mol. The molecule has 13 heteroatoms. The van der Waals surface area contributed by atoms with E-state index in [-0.39, 0.29) is 18.9 Å². The molecule has 280 valence electrons. The van der Waals surface area contributed by atoms with Gasteiger partial charge in [-0.05, 0) is 19.8 Å². The van der Waals surface area contributed by atoms with Gasteiger partial charge in [0.2, 0.25) is 5.91 Å². The standard InChI is InChI=1S/C35H64N2O11/c1-27(38)30(41)31(42)32(43)33(44)36(28(2)39)26-24-22-20-18-16-14-12-10-8-6-4-5-7-9-11-13-15-17-19-21-23-25-29(40)37-35(3,34(45)46)47-48-37/h27,30-32,38,41-43H,4-26H2,1-3H3,(H,45,46)/t27-,30-,31+,32-,35+/m1/s1. The number of aliphatic hydroxyl groups excluding tert-OH is 4. The molecule has 48 heavy (non-hydrogen) atoms. The molecule has 0 aliphatic carbocycles. The minimum absolute atomic E-state index is 0.140. The van der Waals surface area contributed by atoms with Gasteiger partial charge in [0.25, 0.3) is 17.5 Å². The lowest BCUT2D eigenvalue weighted by molar-refractivity contribution is -0.598. The third-order valence-corrected chi connectivity index (χ3v) is 9.12. The number of aliphatic hydroxyl groups is 4. The Morgan fingerprint density at radius 1 is 0.646 bits per heavy atom. The molecule has 5 atom stereocenters. The maximum absolute atomic E-state index is 12.4. The van der Waals surface area contributed by atoms with Crippen LogP contribution in [0, 0.1) is 0 Å². The Hall–Kier alpha value is -2.16. The van der Waals surface area contributed by atoms with Crippen LogP contribution in [-0.2, 0) is 29.1 Å². The molecule has 1 aliphatic rings. The maximum Gasteiger partial charge on any atom is 0.362 e. The number of carboxylic acid groups (broad SMARTS) is 1. The predicted molar refractivity (Wildman–Crippen MR) is 179 cm³/mol. The van der Waals surface area contributed by atoms with Crippen LogP contribution in [0.1, 0.15) is 162 Å². The molecule has 0 unspecified atom stereocenters. The number of hydroxylamine groups is 2. The van der Waals surface area contributed by atoms with Gasteiger partial charge in [-0.1, -0.05) is 122 Å². The zero-order valence-corrected chi connectivity index (χ0v) is 29.7. The smallest absolute Gasteiger partial charge is 0.362 e. The number of aliphatic carboxylic acids is 1. The van der Waals surface area contributed by atoms with Crippen molar-refractivity contribution in [1.82, 2.24) is 9.96 Å². The Morgan fingerprint density at radius 2 is 1.02 bits per heavy atom. The zero-order valence-electron chi connectivity index (χ0n) is 29.7. The number of hydrogen-bond acceptors (Lipinski definition) is 10. The number of imide groups is 1. The summed E-state index contributed by atoms with van der Waals surface area (Å²) in [7, 11) is 0. The summed E-state index contributed by atoms with van der Waals surface area (Å²) in [4.78, 5) is 57.6. The Labute approximate surface area is 286 Å². The van der Waals surface area contributed by atoms with Crippen molar-refractivity contribution in [1.29, 1.82) is 0 Å². The summed E-state index contributed by atoms with van der Waals surface area (Å²) in [6.07, 6.45) is 17.2. The van der Waals surface area contributed by atoms with E-state index in [2.05, 4.69) is 9.88 Å². The number of carbonyl (C=O) groups is 4. The molecule has 13 nitrogen and oxygen atoms in total. The number of nitrogens with zero attached hydrogens (tertiary/aromatic N) is 2. The first-order valence-electron chi connectivity index (χ1n) is 18.3. The van der Waals surface area contributed by atoms with Crippen LogP contribution in [-0.4, -0.2) is 95.9 Å². The van der Waals surface area contributed by atoms with Gasteiger partial charge in [0.05, 0.1) is 6.10 Å². The number of unbranched alkanes of at least 4 members (excludes halogenated alkanes) is 20. The molecule has 1 fully saturated rings. The van der Waals surface area contributed by atoms with Crippen LogP contribution in [0.25, 0.3) is 0 Å². The molecule has 0 aromatic heterocycles. The van der Waals surface area contributed by atoms with E-state index in [1.165, 1.54) is 97.8 Å². The van der Waals surface area contributed by atoms with Crippen molar-refractivity contribution in [3.05, 3.63) is 0 Å². The van der Waals surface area contributed by atoms with E-state index >= 15 is 0 Å². The molecule has 0 aromatic carbocycles. The van der Waals surface area contributed by atoms with Crippen LogP contribution in [0.5, 0.6) is 0 Å². The molecular formula is C35H64N2O11. The molecule has 1 aliphatic heterocycles. The molecule has 5 N–H and O–H groups in total. The van der Waals surface area contributed by atoms with E-state index in [0.717, 1.165) is 54.9 Å². The summed E-state index contributed by atoms with van der Waals surface area (Å²) in [5.74, 6) is -3.12. The lowest BCUT2D eigenvalue weighted by Gasteiger charge is -2.42. The summed E-state index contributed by atoms with van der Waals surface area (Å²) >= 11 is 0. The fraction of sp³-hybridized carbons (Fsp3) is 0.886. The molecule has 1 rings (SSSR count). The first-order chi connectivity index (χ1) is 22.8. The van der Waals surface area contributed by atoms with Gasteiger partial charge in [-0.2, -0.15) is 4.89 Å². The highest BCUT2D eigenvalue weighted by Crippen LogP contribution is 2.30. The summed E-state index contributed by atoms with van der Waals surface area (Å²) in [6.45, 7) is 3.88. The fourth-order valence-electron chi connectivity index (χ4n) is 5.80. The first-order valence-corrected chi connectivity index (χ1v) is 18.3. The van der Waals surface area contributed by atoms with Crippen molar-refractivity contribution in [2.24, 2.45) is 0 Å². The van der Waals surface area contributed by atoms with Gasteiger partial charge in [-0.15, -0.1) is 10.1 Å². The number of hydrogen-bond donors (Lipinski definition) is 5. The SMILES string of the molecule is CC(=O)N(CCCCCCCCCCCCCCCCCCCCCCCC(=O)N1OO[C@@]1(C)C(=O)O)C(=O)[C@H](O)[C@@H](O)[C@H](O)[C@@H](C)O. The quantitative estimate of drug-likeness (QED) is 0.0529. The first kappa shape index (κ1) is 43.9. The van der Waals surface area contributed by atoms with Crippen molar-refractivity contribution < 1.29 is 54.6 Å². The third kappa shape index (κ3) is 16.5. The molecule has 3 amide bonds. The van der Waals surface area contributed by atoms with Gasteiger partial charge >= 0.3 is 5.97 Å². The lowest BCUT2D eigenvalue weighted by Crippen LogP contribution is -2.65. The highest BCUT2D eigenvalue weighted by Gasteiger charge is 2.55. The predicted octanol–water partition coefficient (Wildman–Crippen LogP) is 4.91. The normalized spacial score (nSPS) is 18.5. The van der Waals surface area contributed by atoms with Crippen molar-refractivity contribution in [2.45, 2.75) is 192 Å². The largest absolute Gasteiger partial charge is 0.478 e. The second-order valence-electron chi connectivity index (χ2n) is 13.5. The zero-order chi connectivity index (χ0) is 36.0. The van der Waals surface area contributed by atoms with Crippen LogP contribution in [0.15, 0.2) is 0 Å². The number of rotatable bonds is 29. The van der Waals surface area contributed by atoms with E-state index < -0.39 is 47.9 Å². The topological polar surface area (TPSA) is 194 Å². The van der Waals surface area contributed by atoms with Crippen molar-refractivity contribution in [3.8, 4) is 0 Å². The molecule has 0 saturated carbocycles. The number of amides is 3. The second kappa shape index (κ2) is 24.9. The van der Waals surface area contributed by atoms with E-state index in [4.69, 9.17) is 5.11 Å². The van der Waals surface area contributed by atoms with Gasteiger partial charge in [-0.25, -0.2) is 4.79 Å². The monoisotopic (exact) mass is 688 g/mol. The van der Waals surface area contributed by atoms with Crippen molar-refractivity contribution in [2.75, 3.05) is 6.54 Å². The van der Waals surface area contributed by atoms with E-state index in [1.807, 2.05) is 0 Å². The Bertz CT molecular complexity index is 934. The highest BCUT2D eigenvalue weighted by molar-refractivity contribution is 5.96. The molecule has 1 heterocycles. The van der Waals surface area contributed by atoms with E-state index in [1.54, 1.807) is 0 Å². The number of carbonyl (C=O) groups excluding carboxylic acids is 3. The van der Waals surface area contributed by atoms with Crippen molar-refractivity contribution >= 4 is 23.7 Å². The van der Waals surface area contributed by atoms with Gasteiger partial charge in [0.1, 0.15) is 12.2 Å². The summed E-state index contributed by atoms with van der Waals surface area (Å²) in [6, 6.07) is 0. The molecule has 1 saturated heterocycles. The van der Waals surface area contributed by atoms with Gasteiger partial charge in [0.15, 0.2) is 6.10 Å². The summed E-state index contributed by atoms with van der Waals surface area (Å²) < 4.78 is 0. The highest BCUT2D eigenvalue weighted by atomic mass is 17.4. The molecular weight excluding hydrogens is 624 g/mol. The van der Waals surface area contributed by atoms with Crippen LogP contribution in [0.3, 0.4) is 0 Å². The van der Waals surface area contributed by atoms with Crippen LogP contribution >= 0.6 is 0 Å². The Kier molecular flexibility index (Phi) is 22.7. The maximum atomic E-state index is 12.4. The van der Waals surface area contributed by atoms with Gasteiger partial charge in [-0.3, -0.25) is 19.3 Å². The molecule has 0 bridgehead atoms. The lowest BCUT2D eigenvalue weighted by atomic mass is 10.0. The molecule has 0 aromatic rings. The molecule has 0 spiro atoms. The van der Waals surface area contributed by atoms with Crippen LogP contribution in [0.2, 0.25) is 0 Å². The average Bonchev–Trinajstić information content (AvgIpc) is 3.04. The van der Waals surface area contributed by atoms with E-state index in [0.29, 0.717) is 12.8 Å². The Balaban J connectivity index is 1.87. The van der Waals surface area contributed by atoms with Crippen LogP contribution < -0.4 is 0 Å². The summed E-state index contributed by atoms with van der Waals surface area (Å²) in [5, 5.41) is 48.9. The minimum atomic E-state index is -1.98. The van der Waals surface area contributed by atoms with Gasteiger partial charge < -0.3 is 25.5 Å². The van der Waals surface area contributed by atoms with Gasteiger partial charge in [0, 0.05) is 26.8 Å². The minimum Gasteiger partial charge on any atom is -0.478 e. The Morgan fingerprint density at radius 3 is 1.33 bits per heavy atom. The fourth-order valence-corrected chi connectivity index (χ4v) is 5.80. The number of carboxylic acids is 1. The van der Waals surface area contributed by atoms with Crippen molar-refractivity contribution in [3.63, 3.8) is 0 Å². The van der Waals surface area contributed by atoms with Crippen LogP contribution in [0.4, 0.5) is 0 Å².